The molecule has 1 amide bonds. The number of hydrogen-bond donors (Lipinski definition) is 1. The maximum absolute atomic E-state index is 13.1. The van der Waals surface area contributed by atoms with E-state index in [1.165, 1.54) is 19.2 Å². The molecule has 162 valence electrons. The van der Waals surface area contributed by atoms with Gasteiger partial charge in [-0.25, -0.2) is 22.6 Å². The van der Waals surface area contributed by atoms with Crippen LogP contribution in [0.15, 0.2) is 41.4 Å². The fourth-order valence-corrected chi connectivity index (χ4v) is 5.64. The number of nitrogens with one attached hydrogen (secondary N) is 1. The third kappa shape index (κ3) is 3.35. The zero-order valence-electron chi connectivity index (χ0n) is 17.3. The van der Waals surface area contributed by atoms with Crippen LogP contribution in [0.1, 0.15) is 35.8 Å². The predicted molar refractivity (Wildman–Crippen MR) is 112 cm³/mol. The predicted octanol–water partition coefficient (Wildman–Crippen LogP) is 1.61. The molecule has 1 saturated heterocycles. The fraction of sp³-hybridized carbons (Fsp3) is 0.381. The van der Waals surface area contributed by atoms with Crippen LogP contribution in [0, 0.1) is 6.92 Å². The Balaban J connectivity index is 1.35. The number of amides is 1. The van der Waals surface area contributed by atoms with E-state index < -0.39 is 10.0 Å². The number of hydrogen-bond acceptors (Lipinski definition) is 6. The minimum Gasteiger partial charge on any atom is -0.497 e. The first-order chi connectivity index (χ1) is 14.9. The first-order valence-corrected chi connectivity index (χ1v) is 11.6. The summed E-state index contributed by atoms with van der Waals surface area (Å²) in [6, 6.07) is 7.92. The highest BCUT2D eigenvalue weighted by Gasteiger charge is 2.43. The van der Waals surface area contributed by atoms with Gasteiger partial charge < -0.3 is 9.64 Å². The maximum atomic E-state index is 13.1. The largest absolute Gasteiger partial charge is 0.497 e. The minimum absolute atomic E-state index is 0.0330. The molecule has 1 fully saturated rings. The quantitative estimate of drug-likeness (QED) is 0.645. The third-order valence-corrected chi connectivity index (χ3v) is 7.52. The van der Waals surface area contributed by atoms with E-state index in [0.29, 0.717) is 12.2 Å². The first kappa shape index (κ1) is 20.0. The number of aryl methyl sites for hydroxylation is 1. The topological polar surface area (TPSA) is 106 Å². The van der Waals surface area contributed by atoms with Crippen molar-refractivity contribution in [3.8, 4) is 5.75 Å². The van der Waals surface area contributed by atoms with Crippen molar-refractivity contribution in [1.82, 2.24) is 24.2 Å². The Hall–Kier alpha value is -2.98. The number of aromatic nitrogens is 3. The molecule has 0 unspecified atom stereocenters. The van der Waals surface area contributed by atoms with Gasteiger partial charge >= 0.3 is 0 Å². The van der Waals surface area contributed by atoms with Crippen LogP contribution in [0.2, 0.25) is 0 Å². The fourth-order valence-electron chi connectivity index (χ4n) is 4.67. The molecule has 10 heteroatoms. The van der Waals surface area contributed by atoms with Crippen LogP contribution in [-0.4, -0.2) is 53.5 Å². The summed E-state index contributed by atoms with van der Waals surface area (Å²) in [7, 11) is -2.29. The van der Waals surface area contributed by atoms with Gasteiger partial charge in [0.15, 0.2) is 5.65 Å². The Morgan fingerprint density at radius 1 is 1.26 bits per heavy atom. The molecular weight excluding hydrogens is 418 g/mol. The van der Waals surface area contributed by atoms with Gasteiger partial charge in [0.1, 0.15) is 5.75 Å². The standard InChI is InChI=1S/C21H23N5O4S/c1-13-9-20-22-11-17-18-8-3-14(10-19(17)26(20)24-13)25(18)21(27)12-23-31(28,29)16-6-4-15(30-2)5-7-16/h4-7,9,11,14,18,23H,3,8,10,12H2,1-2H3/t14-,18+/m1/s1. The van der Waals surface area contributed by atoms with Crippen molar-refractivity contribution in [2.24, 2.45) is 0 Å². The molecule has 1 N–H and O–H groups in total. The Bertz CT molecular complexity index is 1270. The Kier molecular flexibility index (Phi) is 4.71. The van der Waals surface area contributed by atoms with Gasteiger partial charge in [-0.2, -0.15) is 5.10 Å². The van der Waals surface area contributed by atoms with Gasteiger partial charge in [0.05, 0.1) is 36.0 Å². The van der Waals surface area contributed by atoms with E-state index in [4.69, 9.17) is 4.74 Å². The summed E-state index contributed by atoms with van der Waals surface area (Å²) in [5.41, 5.74) is 3.80. The van der Waals surface area contributed by atoms with E-state index in [1.54, 1.807) is 12.1 Å². The van der Waals surface area contributed by atoms with Crippen molar-refractivity contribution in [1.29, 1.82) is 0 Å². The number of fused-ring (bicyclic) bond motifs is 6. The van der Waals surface area contributed by atoms with Crippen molar-refractivity contribution >= 4 is 21.6 Å². The second-order valence-electron chi connectivity index (χ2n) is 7.97. The molecule has 2 bridgehead atoms. The molecule has 2 aromatic heterocycles. The summed E-state index contributed by atoms with van der Waals surface area (Å²) in [6.45, 7) is 1.65. The molecule has 0 saturated carbocycles. The van der Waals surface area contributed by atoms with Crippen molar-refractivity contribution in [2.75, 3.05) is 13.7 Å². The number of sulfonamides is 1. The van der Waals surface area contributed by atoms with E-state index in [-0.39, 0.29) is 29.4 Å². The number of methoxy groups -OCH3 is 1. The van der Waals surface area contributed by atoms with Gasteiger partial charge in [0, 0.05) is 30.3 Å². The van der Waals surface area contributed by atoms with Gasteiger partial charge in [-0.1, -0.05) is 0 Å². The van der Waals surface area contributed by atoms with Crippen LogP contribution in [-0.2, 0) is 21.2 Å². The normalized spacial score (nSPS) is 20.1. The molecule has 3 aromatic rings. The van der Waals surface area contributed by atoms with Crippen molar-refractivity contribution in [3.63, 3.8) is 0 Å². The van der Waals surface area contributed by atoms with Crippen LogP contribution < -0.4 is 9.46 Å². The number of rotatable bonds is 5. The summed E-state index contributed by atoms with van der Waals surface area (Å²) in [4.78, 5) is 19.5. The lowest BCUT2D eigenvalue weighted by atomic mass is 9.99. The smallest absolute Gasteiger partial charge is 0.241 e. The summed E-state index contributed by atoms with van der Waals surface area (Å²) in [6.07, 6.45) is 4.23. The maximum Gasteiger partial charge on any atom is 0.241 e. The molecule has 4 heterocycles. The highest BCUT2D eigenvalue weighted by molar-refractivity contribution is 7.89. The summed E-state index contributed by atoms with van der Waals surface area (Å²) >= 11 is 0. The van der Waals surface area contributed by atoms with E-state index in [2.05, 4.69) is 14.8 Å². The average Bonchev–Trinajstić information content (AvgIpc) is 3.30. The molecule has 0 radical (unpaired) electrons. The monoisotopic (exact) mass is 441 g/mol. The van der Waals surface area contributed by atoms with Gasteiger partial charge in [-0.15, -0.1) is 0 Å². The highest BCUT2D eigenvalue weighted by atomic mass is 32.2. The van der Waals surface area contributed by atoms with E-state index >= 15 is 0 Å². The van der Waals surface area contributed by atoms with E-state index in [1.807, 2.05) is 28.6 Å². The molecule has 0 spiro atoms. The van der Waals surface area contributed by atoms with Crippen molar-refractivity contribution < 1.29 is 17.9 Å². The minimum atomic E-state index is -3.80. The van der Waals surface area contributed by atoms with Crippen LogP contribution in [0.25, 0.3) is 5.65 Å². The second-order valence-corrected chi connectivity index (χ2v) is 9.74. The van der Waals surface area contributed by atoms with Crippen LogP contribution >= 0.6 is 0 Å². The lowest BCUT2D eigenvalue weighted by Crippen LogP contribution is -2.47. The van der Waals surface area contributed by atoms with E-state index in [0.717, 1.165) is 35.4 Å². The van der Waals surface area contributed by atoms with Gasteiger partial charge in [0.2, 0.25) is 15.9 Å². The van der Waals surface area contributed by atoms with Crippen LogP contribution in [0.4, 0.5) is 0 Å². The number of carbonyl (C=O) groups is 1. The third-order valence-electron chi connectivity index (χ3n) is 6.10. The van der Waals surface area contributed by atoms with Gasteiger partial charge in [-0.05, 0) is 44.0 Å². The molecule has 1 aromatic carbocycles. The molecule has 0 aliphatic carbocycles. The molecule has 31 heavy (non-hydrogen) atoms. The van der Waals surface area contributed by atoms with E-state index in [9.17, 15) is 13.2 Å². The number of benzene rings is 1. The van der Waals surface area contributed by atoms with Gasteiger partial charge in [-0.3, -0.25) is 4.79 Å². The second kappa shape index (κ2) is 7.31. The molecule has 2 atom stereocenters. The highest BCUT2D eigenvalue weighted by Crippen LogP contribution is 2.43. The summed E-state index contributed by atoms with van der Waals surface area (Å²) < 4.78 is 34.6. The molecule has 9 nitrogen and oxygen atoms in total. The number of nitrogens with zero attached hydrogens (tertiary/aromatic N) is 4. The van der Waals surface area contributed by atoms with Crippen LogP contribution in [0.3, 0.4) is 0 Å². The lowest BCUT2D eigenvalue weighted by molar-refractivity contribution is -0.133. The first-order valence-electron chi connectivity index (χ1n) is 10.2. The van der Waals surface area contributed by atoms with Crippen LogP contribution in [0.5, 0.6) is 5.75 Å². The zero-order valence-corrected chi connectivity index (χ0v) is 18.1. The number of ether oxygens (including phenoxy) is 1. The number of carbonyl (C=O) groups excluding carboxylic acids is 1. The van der Waals surface area contributed by atoms with Crippen molar-refractivity contribution in [2.45, 2.75) is 43.2 Å². The average molecular weight is 442 g/mol. The summed E-state index contributed by atoms with van der Waals surface area (Å²) in [5, 5.41) is 4.56. The summed E-state index contributed by atoms with van der Waals surface area (Å²) in [5.74, 6) is 0.334. The molecule has 5 rings (SSSR count). The molecule has 2 aliphatic rings. The molecular formula is C21H23N5O4S. The lowest BCUT2D eigenvalue weighted by Gasteiger charge is -2.36. The Morgan fingerprint density at radius 2 is 2.03 bits per heavy atom. The Morgan fingerprint density at radius 3 is 2.77 bits per heavy atom. The zero-order chi connectivity index (χ0) is 21.8. The van der Waals surface area contributed by atoms with Gasteiger partial charge in [0.25, 0.3) is 0 Å². The molecule has 2 aliphatic heterocycles. The Labute approximate surface area is 180 Å². The SMILES string of the molecule is COc1ccc(S(=O)(=O)NCC(=O)N2[C@@H]3CC[C@H]2c2cnc4cc(C)nn4c2C3)cc1. The van der Waals surface area contributed by atoms with Crippen molar-refractivity contribution in [3.05, 3.63) is 53.5 Å².